The van der Waals surface area contributed by atoms with Crippen LogP contribution in [0.5, 0.6) is 5.75 Å². The molecule has 3 rings (SSSR count). The number of aromatic nitrogens is 1. The number of ether oxygens (including phenoxy) is 1. The minimum atomic E-state index is -3.79. The van der Waals surface area contributed by atoms with Crippen molar-refractivity contribution in [2.24, 2.45) is 0 Å². The lowest BCUT2D eigenvalue weighted by molar-refractivity contribution is 0.0950. The fourth-order valence-corrected chi connectivity index (χ4v) is 4.81. The summed E-state index contributed by atoms with van der Waals surface area (Å²) in [6.45, 7) is 0.258. The first-order valence-corrected chi connectivity index (χ1v) is 10.9. The molecule has 0 unspecified atom stereocenters. The molecule has 0 bridgehead atoms. The molecule has 1 aliphatic rings. The molecule has 1 aromatic heterocycles. The maximum Gasteiger partial charge on any atom is 0.251 e. The summed E-state index contributed by atoms with van der Waals surface area (Å²) in [6.07, 6.45) is 6.46. The van der Waals surface area contributed by atoms with Crippen molar-refractivity contribution in [3.63, 3.8) is 0 Å². The molecular weight excluding hydrogens is 378 g/mol. The number of nitrogens with one attached hydrogen (secondary N) is 2. The summed E-state index contributed by atoms with van der Waals surface area (Å²) in [5.41, 5.74) is 0.969. The Morgan fingerprint density at radius 3 is 2.64 bits per heavy atom. The molecule has 0 saturated heterocycles. The minimum Gasteiger partial charge on any atom is -0.495 e. The lowest BCUT2D eigenvalue weighted by Gasteiger charge is -2.23. The van der Waals surface area contributed by atoms with Gasteiger partial charge < -0.3 is 10.1 Å². The molecule has 0 aliphatic heterocycles. The average molecular weight is 404 g/mol. The third-order valence-electron chi connectivity index (χ3n) is 4.80. The predicted molar refractivity (Wildman–Crippen MR) is 106 cm³/mol. The van der Waals surface area contributed by atoms with Crippen LogP contribution in [0.4, 0.5) is 0 Å². The van der Waals surface area contributed by atoms with E-state index in [4.69, 9.17) is 4.74 Å². The molecule has 8 heteroatoms. The first kappa shape index (κ1) is 20.3. The molecular formula is C20H25N3O4S. The molecule has 1 fully saturated rings. The molecule has 0 atom stereocenters. The third kappa shape index (κ3) is 5.08. The summed E-state index contributed by atoms with van der Waals surface area (Å²) >= 11 is 0. The molecule has 7 nitrogen and oxygen atoms in total. The smallest absolute Gasteiger partial charge is 0.251 e. The van der Waals surface area contributed by atoms with Gasteiger partial charge in [-0.1, -0.05) is 25.3 Å². The minimum absolute atomic E-state index is 0.0222. The SMILES string of the molecule is COc1ccc(C(=O)NCc2ccccn2)cc1S(=O)(=O)NC1CCCCC1. The van der Waals surface area contributed by atoms with Gasteiger partial charge in [0.05, 0.1) is 19.3 Å². The van der Waals surface area contributed by atoms with Gasteiger partial charge in [0.1, 0.15) is 10.6 Å². The van der Waals surface area contributed by atoms with Crippen LogP contribution in [-0.4, -0.2) is 32.5 Å². The molecule has 1 aromatic carbocycles. The summed E-state index contributed by atoms with van der Waals surface area (Å²) in [4.78, 5) is 16.6. The fraction of sp³-hybridized carbons (Fsp3) is 0.400. The third-order valence-corrected chi connectivity index (χ3v) is 6.34. The van der Waals surface area contributed by atoms with Crippen LogP contribution in [0.1, 0.15) is 48.2 Å². The molecule has 0 spiro atoms. The maximum atomic E-state index is 12.9. The van der Waals surface area contributed by atoms with E-state index in [1.165, 1.54) is 19.2 Å². The van der Waals surface area contributed by atoms with Crippen LogP contribution in [0.25, 0.3) is 0 Å². The van der Waals surface area contributed by atoms with E-state index in [0.717, 1.165) is 37.8 Å². The zero-order valence-electron chi connectivity index (χ0n) is 15.8. The quantitative estimate of drug-likeness (QED) is 0.741. The Bertz CT molecular complexity index is 910. The Kier molecular flexibility index (Phi) is 6.64. The number of carbonyl (C=O) groups excluding carboxylic acids is 1. The second-order valence-electron chi connectivity index (χ2n) is 6.83. The van der Waals surface area contributed by atoms with E-state index in [1.54, 1.807) is 24.4 Å². The van der Waals surface area contributed by atoms with Crippen LogP contribution in [0, 0.1) is 0 Å². The molecule has 1 amide bonds. The molecule has 2 N–H and O–H groups in total. The van der Waals surface area contributed by atoms with E-state index in [0.29, 0.717) is 0 Å². The number of nitrogens with zero attached hydrogens (tertiary/aromatic N) is 1. The first-order valence-electron chi connectivity index (χ1n) is 9.38. The number of hydrogen-bond acceptors (Lipinski definition) is 5. The van der Waals surface area contributed by atoms with Crippen molar-refractivity contribution in [1.82, 2.24) is 15.0 Å². The number of sulfonamides is 1. The number of hydrogen-bond donors (Lipinski definition) is 2. The second kappa shape index (κ2) is 9.16. The topological polar surface area (TPSA) is 97.4 Å². The van der Waals surface area contributed by atoms with Gasteiger partial charge in [0.25, 0.3) is 5.91 Å². The largest absolute Gasteiger partial charge is 0.495 e. The molecule has 0 radical (unpaired) electrons. The van der Waals surface area contributed by atoms with Crippen LogP contribution in [0.2, 0.25) is 0 Å². The van der Waals surface area contributed by atoms with E-state index in [2.05, 4.69) is 15.0 Å². The lowest BCUT2D eigenvalue weighted by Crippen LogP contribution is -2.36. The highest BCUT2D eigenvalue weighted by Crippen LogP contribution is 2.27. The second-order valence-corrected chi connectivity index (χ2v) is 8.51. The van der Waals surface area contributed by atoms with Crippen molar-refractivity contribution in [2.45, 2.75) is 49.6 Å². The number of rotatable bonds is 7. The van der Waals surface area contributed by atoms with Crippen LogP contribution in [-0.2, 0) is 16.6 Å². The lowest BCUT2D eigenvalue weighted by atomic mass is 9.96. The van der Waals surface area contributed by atoms with E-state index in [1.807, 2.05) is 6.07 Å². The van der Waals surface area contributed by atoms with Crippen molar-refractivity contribution < 1.29 is 17.9 Å². The first-order chi connectivity index (χ1) is 13.5. The van der Waals surface area contributed by atoms with Gasteiger partial charge in [-0.15, -0.1) is 0 Å². The predicted octanol–water partition coefficient (Wildman–Crippen LogP) is 2.63. The van der Waals surface area contributed by atoms with Crippen molar-refractivity contribution in [2.75, 3.05) is 7.11 Å². The Morgan fingerprint density at radius 1 is 1.18 bits per heavy atom. The van der Waals surface area contributed by atoms with Crippen LogP contribution >= 0.6 is 0 Å². The van der Waals surface area contributed by atoms with Crippen molar-refractivity contribution in [1.29, 1.82) is 0 Å². The highest BCUT2D eigenvalue weighted by Gasteiger charge is 2.26. The zero-order valence-corrected chi connectivity index (χ0v) is 16.7. The van der Waals surface area contributed by atoms with Crippen molar-refractivity contribution in [3.05, 3.63) is 53.9 Å². The van der Waals surface area contributed by atoms with Crippen molar-refractivity contribution >= 4 is 15.9 Å². The molecule has 150 valence electrons. The maximum absolute atomic E-state index is 12.9. The number of methoxy groups -OCH3 is 1. The van der Waals surface area contributed by atoms with E-state index in [-0.39, 0.29) is 34.7 Å². The number of carbonyl (C=O) groups is 1. The van der Waals surface area contributed by atoms with Gasteiger partial charge in [-0.2, -0.15) is 0 Å². The van der Waals surface area contributed by atoms with Gasteiger partial charge in [0.15, 0.2) is 0 Å². The van der Waals surface area contributed by atoms with Crippen LogP contribution in [0.15, 0.2) is 47.5 Å². The molecule has 1 saturated carbocycles. The van der Waals surface area contributed by atoms with Gasteiger partial charge in [0.2, 0.25) is 10.0 Å². The standard InChI is InChI=1S/C20H25N3O4S/c1-27-18-11-10-15(20(24)22-14-17-9-5-6-12-21-17)13-19(18)28(25,26)23-16-7-3-2-4-8-16/h5-6,9-13,16,23H,2-4,7-8,14H2,1H3,(H,22,24). The number of pyridine rings is 1. The van der Waals surface area contributed by atoms with E-state index >= 15 is 0 Å². The summed E-state index contributed by atoms with van der Waals surface area (Å²) < 4.78 is 33.8. The summed E-state index contributed by atoms with van der Waals surface area (Å²) in [6, 6.07) is 9.77. The normalized spacial score (nSPS) is 15.2. The number of amides is 1. The van der Waals surface area contributed by atoms with Crippen LogP contribution < -0.4 is 14.8 Å². The Labute approximate surface area is 165 Å². The van der Waals surface area contributed by atoms with Crippen LogP contribution in [0.3, 0.4) is 0 Å². The summed E-state index contributed by atoms with van der Waals surface area (Å²) in [5, 5.41) is 2.76. The zero-order chi connectivity index (χ0) is 20.0. The molecule has 28 heavy (non-hydrogen) atoms. The van der Waals surface area contributed by atoms with Gasteiger partial charge in [-0.05, 0) is 43.2 Å². The van der Waals surface area contributed by atoms with E-state index in [9.17, 15) is 13.2 Å². The number of benzene rings is 1. The van der Waals surface area contributed by atoms with E-state index < -0.39 is 10.0 Å². The monoisotopic (exact) mass is 403 g/mol. The van der Waals surface area contributed by atoms with Gasteiger partial charge in [-0.3, -0.25) is 9.78 Å². The van der Waals surface area contributed by atoms with Crippen molar-refractivity contribution in [3.8, 4) is 5.75 Å². The Hall–Kier alpha value is -2.45. The highest BCUT2D eigenvalue weighted by atomic mass is 32.2. The Balaban J connectivity index is 1.77. The summed E-state index contributed by atoms with van der Waals surface area (Å²) in [7, 11) is -2.38. The average Bonchev–Trinajstić information content (AvgIpc) is 2.72. The van der Waals surface area contributed by atoms with Gasteiger partial charge in [-0.25, -0.2) is 13.1 Å². The Morgan fingerprint density at radius 2 is 1.96 bits per heavy atom. The molecule has 1 aliphatic carbocycles. The van der Waals surface area contributed by atoms with Gasteiger partial charge >= 0.3 is 0 Å². The molecule has 2 aromatic rings. The molecule has 1 heterocycles. The fourth-order valence-electron chi connectivity index (χ4n) is 3.31. The van der Waals surface area contributed by atoms with Gasteiger partial charge in [0, 0.05) is 17.8 Å². The summed E-state index contributed by atoms with van der Waals surface area (Å²) in [5.74, 6) is -0.160. The highest BCUT2D eigenvalue weighted by molar-refractivity contribution is 7.89.